The number of aliphatic hydroxyl groups excluding tert-OH is 1. The summed E-state index contributed by atoms with van der Waals surface area (Å²) in [5.41, 5.74) is 0.824. The summed E-state index contributed by atoms with van der Waals surface area (Å²) in [5, 5.41) is 17.4. The lowest BCUT2D eigenvalue weighted by molar-refractivity contribution is 0.160. The summed E-state index contributed by atoms with van der Waals surface area (Å²) in [4.78, 5) is 7.30. The lowest BCUT2D eigenvalue weighted by atomic mass is 9.88. The zero-order valence-corrected chi connectivity index (χ0v) is 21.5. The first-order chi connectivity index (χ1) is 14.7. The number of ether oxygens (including phenoxy) is 1. The second-order valence-corrected chi connectivity index (χ2v) is 8.74. The molecule has 1 atom stereocenters. The quantitative estimate of drug-likeness (QED) is 0.263. The van der Waals surface area contributed by atoms with Crippen LogP contribution in [0.5, 0.6) is 5.75 Å². The van der Waals surface area contributed by atoms with Gasteiger partial charge in [-0.15, -0.1) is 24.0 Å². The molecule has 1 saturated heterocycles. The zero-order chi connectivity index (χ0) is 21.2. The molecule has 3 rings (SSSR count). The first-order valence-electron chi connectivity index (χ1n) is 11.8. The van der Waals surface area contributed by atoms with Crippen LogP contribution < -0.4 is 15.4 Å². The van der Waals surface area contributed by atoms with E-state index in [1.54, 1.807) is 7.11 Å². The van der Waals surface area contributed by atoms with Crippen LogP contribution in [-0.2, 0) is 0 Å². The minimum Gasteiger partial charge on any atom is -0.497 e. The van der Waals surface area contributed by atoms with Crippen LogP contribution in [-0.4, -0.2) is 61.8 Å². The molecule has 0 amide bonds. The van der Waals surface area contributed by atoms with Gasteiger partial charge in [0.1, 0.15) is 5.75 Å². The predicted octanol–water partition coefficient (Wildman–Crippen LogP) is 3.95. The van der Waals surface area contributed by atoms with Gasteiger partial charge in [0.2, 0.25) is 0 Å². The standard InChI is InChI=1S/C24H40N4O2.HI/c1-3-25-24(26-17-23(29)20-10-7-11-22(16-20)30-2)27-21-12-14-28(15-13-21)18-19-8-5-4-6-9-19;/h7,10-11,16,19,21,23,29H,3-6,8-9,12-15,17-18H2,1-2H3,(H2,25,26,27);1H. The number of aliphatic hydroxyl groups is 1. The number of likely N-dealkylation sites (tertiary alicyclic amines) is 1. The lowest BCUT2D eigenvalue weighted by Crippen LogP contribution is -2.49. The predicted molar refractivity (Wildman–Crippen MR) is 139 cm³/mol. The Morgan fingerprint density at radius 1 is 1.19 bits per heavy atom. The molecular formula is C24H41IN4O2. The molecule has 1 aliphatic carbocycles. The molecule has 3 N–H and O–H groups in total. The van der Waals surface area contributed by atoms with Crippen molar-refractivity contribution in [2.24, 2.45) is 10.9 Å². The van der Waals surface area contributed by atoms with Gasteiger partial charge in [-0.3, -0.25) is 4.99 Å². The van der Waals surface area contributed by atoms with E-state index in [0.717, 1.165) is 42.6 Å². The maximum Gasteiger partial charge on any atom is 0.191 e. The van der Waals surface area contributed by atoms with Crippen LogP contribution in [0.3, 0.4) is 0 Å². The molecule has 1 aromatic carbocycles. The van der Waals surface area contributed by atoms with Gasteiger partial charge in [-0.25, -0.2) is 0 Å². The second kappa shape index (κ2) is 14.2. The Morgan fingerprint density at radius 2 is 1.94 bits per heavy atom. The van der Waals surface area contributed by atoms with Crippen molar-refractivity contribution in [2.75, 3.05) is 39.8 Å². The number of piperidine rings is 1. The van der Waals surface area contributed by atoms with Gasteiger partial charge in [-0.1, -0.05) is 31.4 Å². The van der Waals surface area contributed by atoms with Crippen LogP contribution in [0.2, 0.25) is 0 Å². The maximum atomic E-state index is 10.5. The number of rotatable bonds is 8. The number of methoxy groups -OCH3 is 1. The molecule has 1 aromatic rings. The highest BCUT2D eigenvalue weighted by molar-refractivity contribution is 14.0. The average molecular weight is 545 g/mol. The number of nitrogens with zero attached hydrogens (tertiary/aromatic N) is 2. The van der Waals surface area contributed by atoms with Crippen LogP contribution in [0.25, 0.3) is 0 Å². The summed E-state index contributed by atoms with van der Waals surface area (Å²) in [5.74, 6) is 2.46. The Balaban J connectivity index is 0.00000341. The van der Waals surface area contributed by atoms with Crippen molar-refractivity contribution in [3.8, 4) is 5.75 Å². The fourth-order valence-corrected chi connectivity index (χ4v) is 4.64. The van der Waals surface area contributed by atoms with E-state index in [1.807, 2.05) is 24.3 Å². The van der Waals surface area contributed by atoms with Crippen LogP contribution in [0.15, 0.2) is 29.3 Å². The van der Waals surface area contributed by atoms with Crippen LogP contribution in [0.1, 0.15) is 63.5 Å². The SMILES string of the molecule is CCNC(=NCC(O)c1cccc(OC)c1)NC1CCN(CC2CCCCC2)CC1.I. The molecule has 1 saturated carbocycles. The van der Waals surface area contributed by atoms with Crippen LogP contribution in [0.4, 0.5) is 0 Å². The fourth-order valence-electron chi connectivity index (χ4n) is 4.64. The summed E-state index contributed by atoms with van der Waals surface area (Å²) in [6, 6.07) is 7.99. The van der Waals surface area contributed by atoms with Crippen molar-refractivity contribution in [1.82, 2.24) is 15.5 Å². The molecule has 1 heterocycles. The Morgan fingerprint density at radius 3 is 2.61 bits per heavy atom. The van der Waals surface area contributed by atoms with Crippen molar-refractivity contribution < 1.29 is 9.84 Å². The van der Waals surface area contributed by atoms with Gasteiger partial charge in [0.05, 0.1) is 19.8 Å². The summed E-state index contributed by atoms with van der Waals surface area (Å²) in [6.07, 6.45) is 8.77. The number of nitrogens with one attached hydrogen (secondary N) is 2. The molecule has 0 radical (unpaired) electrons. The number of guanidine groups is 1. The molecule has 0 spiro atoms. The Hall–Kier alpha value is -1.06. The van der Waals surface area contributed by atoms with Crippen molar-refractivity contribution in [3.05, 3.63) is 29.8 Å². The number of hydrogen-bond acceptors (Lipinski definition) is 4. The first kappa shape index (κ1) is 26.2. The number of hydrogen-bond donors (Lipinski definition) is 3. The number of benzene rings is 1. The van der Waals surface area contributed by atoms with Gasteiger partial charge < -0.3 is 25.4 Å². The van der Waals surface area contributed by atoms with Gasteiger partial charge in [0.25, 0.3) is 0 Å². The summed E-state index contributed by atoms with van der Waals surface area (Å²) < 4.78 is 5.25. The largest absolute Gasteiger partial charge is 0.497 e. The third kappa shape index (κ3) is 8.77. The topological polar surface area (TPSA) is 69.1 Å². The average Bonchev–Trinajstić information content (AvgIpc) is 2.79. The van der Waals surface area contributed by atoms with E-state index in [1.165, 1.54) is 51.7 Å². The van der Waals surface area contributed by atoms with Crippen LogP contribution in [0, 0.1) is 5.92 Å². The molecule has 2 aliphatic rings. The van der Waals surface area contributed by atoms with E-state index < -0.39 is 6.10 Å². The monoisotopic (exact) mass is 544 g/mol. The Labute approximate surface area is 205 Å². The summed E-state index contributed by atoms with van der Waals surface area (Å²) in [6.45, 7) is 6.82. The molecule has 6 nitrogen and oxygen atoms in total. The minimum atomic E-state index is -0.645. The Kier molecular flexibility index (Phi) is 12.0. The Bertz CT molecular complexity index is 659. The van der Waals surface area contributed by atoms with E-state index in [-0.39, 0.29) is 24.0 Å². The molecule has 2 fully saturated rings. The minimum absolute atomic E-state index is 0. The molecule has 0 bridgehead atoms. The van der Waals surface area contributed by atoms with Crippen molar-refractivity contribution in [2.45, 2.75) is 64.0 Å². The molecule has 1 aliphatic heterocycles. The van der Waals surface area contributed by atoms with Crippen molar-refractivity contribution in [3.63, 3.8) is 0 Å². The van der Waals surface area contributed by atoms with E-state index in [0.29, 0.717) is 12.6 Å². The smallest absolute Gasteiger partial charge is 0.191 e. The molecule has 7 heteroatoms. The maximum absolute atomic E-state index is 10.5. The lowest BCUT2D eigenvalue weighted by Gasteiger charge is -2.36. The van der Waals surface area contributed by atoms with E-state index in [2.05, 4.69) is 27.4 Å². The highest BCUT2D eigenvalue weighted by Crippen LogP contribution is 2.25. The van der Waals surface area contributed by atoms with Crippen molar-refractivity contribution >= 4 is 29.9 Å². The van der Waals surface area contributed by atoms with Gasteiger partial charge in [0.15, 0.2) is 5.96 Å². The molecule has 1 unspecified atom stereocenters. The van der Waals surface area contributed by atoms with E-state index >= 15 is 0 Å². The van der Waals surface area contributed by atoms with Gasteiger partial charge in [0, 0.05) is 32.2 Å². The second-order valence-electron chi connectivity index (χ2n) is 8.74. The third-order valence-corrected chi connectivity index (χ3v) is 6.41. The van der Waals surface area contributed by atoms with Crippen molar-refractivity contribution in [1.29, 1.82) is 0 Å². The van der Waals surface area contributed by atoms with Gasteiger partial charge in [-0.2, -0.15) is 0 Å². The first-order valence-corrected chi connectivity index (χ1v) is 11.8. The van der Waals surface area contributed by atoms with E-state index in [9.17, 15) is 5.11 Å². The fraction of sp³-hybridized carbons (Fsp3) is 0.708. The van der Waals surface area contributed by atoms with E-state index in [4.69, 9.17) is 4.74 Å². The molecule has 0 aromatic heterocycles. The number of halogens is 1. The highest BCUT2D eigenvalue weighted by atomic mass is 127. The van der Waals surface area contributed by atoms with Gasteiger partial charge >= 0.3 is 0 Å². The van der Waals surface area contributed by atoms with Gasteiger partial charge in [-0.05, 0) is 56.2 Å². The summed E-state index contributed by atoms with van der Waals surface area (Å²) >= 11 is 0. The highest BCUT2D eigenvalue weighted by Gasteiger charge is 2.23. The normalized spacial score (nSPS) is 20.0. The zero-order valence-electron chi connectivity index (χ0n) is 19.2. The molecule has 31 heavy (non-hydrogen) atoms. The number of aliphatic imine (C=N–C) groups is 1. The van der Waals surface area contributed by atoms with Crippen LogP contribution >= 0.6 is 24.0 Å². The molecular weight excluding hydrogens is 503 g/mol. The summed E-state index contributed by atoms with van der Waals surface area (Å²) in [7, 11) is 1.64. The third-order valence-electron chi connectivity index (χ3n) is 6.41. The molecule has 176 valence electrons.